The third-order valence-electron chi connectivity index (χ3n) is 6.40. The summed E-state index contributed by atoms with van der Waals surface area (Å²) in [6.45, 7) is 1.17. The van der Waals surface area contributed by atoms with Gasteiger partial charge < -0.3 is 15.0 Å². The molecule has 2 aromatic carbocycles. The summed E-state index contributed by atoms with van der Waals surface area (Å²) in [5.74, 6) is -0.0947. The van der Waals surface area contributed by atoms with Gasteiger partial charge in [0.1, 0.15) is 17.9 Å². The van der Waals surface area contributed by atoms with E-state index in [0.29, 0.717) is 24.6 Å². The van der Waals surface area contributed by atoms with Crippen LogP contribution in [0, 0.1) is 0 Å². The summed E-state index contributed by atoms with van der Waals surface area (Å²) in [4.78, 5) is 38.0. The number of fused-ring (bicyclic) bond motifs is 1. The third kappa shape index (κ3) is 3.93. The highest BCUT2D eigenvalue weighted by Gasteiger charge is 2.39. The van der Waals surface area contributed by atoms with Crippen molar-refractivity contribution in [3.63, 3.8) is 0 Å². The van der Waals surface area contributed by atoms with Crippen LogP contribution in [0.1, 0.15) is 47.2 Å². The number of nitrogens with zero attached hydrogens (tertiary/aromatic N) is 1. The lowest BCUT2D eigenvalue weighted by Crippen LogP contribution is -2.52. The number of carbonyl (C=O) groups excluding carboxylic acids is 3. The van der Waals surface area contributed by atoms with Gasteiger partial charge in [-0.1, -0.05) is 30.3 Å². The molecule has 7 nitrogen and oxygen atoms in total. The van der Waals surface area contributed by atoms with E-state index in [0.717, 1.165) is 30.7 Å². The Morgan fingerprint density at radius 2 is 1.87 bits per heavy atom. The van der Waals surface area contributed by atoms with E-state index in [-0.39, 0.29) is 24.3 Å². The van der Waals surface area contributed by atoms with E-state index in [4.69, 9.17) is 4.74 Å². The molecule has 0 aromatic heterocycles. The van der Waals surface area contributed by atoms with Crippen molar-refractivity contribution in [3.05, 3.63) is 65.2 Å². The van der Waals surface area contributed by atoms with Crippen molar-refractivity contribution in [3.8, 4) is 5.75 Å². The zero-order chi connectivity index (χ0) is 21.4. The largest absolute Gasteiger partial charge is 0.489 e. The van der Waals surface area contributed by atoms with Crippen LogP contribution >= 0.6 is 0 Å². The number of rotatable bonds is 6. The van der Waals surface area contributed by atoms with Crippen LogP contribution < -0.4 is 15.4 Å². The maximum Gasteiger partial charge on any atom is 0.255 e. The Kier molecular flexibility index (Phi) is 5.19. The topological polar surface area (TPSA) is 87.7 Å². The summed E-state index contributed by atoms with van der Waals surface area (Å²) in [5.41, 5.74) is 2.71. The highest BCUT2D eigenvalue weighted by atomic mass is 16.5. The molecule has 3 atom stereocenters. The molecule has 3 unspecified atom stereocenters. The molecule has 1 saturated heterocycles. The maximum atomic E-state index is 12.8. The Morgan fingerprint density at radius 1 is 1.03 bits per heavy atom. The molecule has 2 heterocycles. The number of ether oxygens (including phenoxy) is 1. The van der Waals surface area contributed by atoms with Gasteiger partial charge in [-0.25, -0.2) is 0 Å². The lowest BCUT2D eigenvalue weighted by Gasteiger charge is -2.37. The van der Waals surface area contributed by atoms with Crippen LogP contribution in [0.5, 0.6) is 5.75 Å². The van der Waals surface area contributed by atoms with Crippen LogP contribution in [0.25, 0.3) is 0 Å². The fourth-order valence-electron chi connectivity index (χ4n) is 4.49. The average molecular weight is 419 g/mol. The highest BCUT2D eigenvalue weighted by Crippen LogP contribution is 2.32. The number of amides is 3. The Hall–Kier alpha value is -3.19. The Balaban J connectivity index is 1.21. The maximum absolute atomic E-state index is 12.8. The molecular formula is C24H25N3O4. The molecule has 3 aliphatic rings. The molecule has 31 heavy (non-hydrogen) atoms. The zero-order valence-corrected chi connectivity index (χ0v) is 17.2. The number of imide groups is 1. The second kappa shape index (κ2) is 8.15. The minimum Gasteiger partial charge on any atom is -0.489 e. The lowest BCUT2D eigenvalue weighted by atomic mass is 9.88. The van der Waals surface area contributed by atoms with Crippen molar-refractivity contribution < 1.29 is 19.1 Å². The second-order valence-electron chi connectivity index (χ2n) is 8.43. The smallest absolute Gasteiger partial charge is 0.255 e. The molecule has 7 heteroatoms. The first-order valence-electron chi connectivity index (χ1n) is 10.8. The molecule has 3 amide bonds. The quantitative estimate of drug-likeness (QED) is 0.701. The van der Waals surface area contributed by atoms with E-state index in [2.05, 4.69) is 22.8 Å². The highest BCUT2D eigenvalue weighted by molar-refractivity contribution is 6.05. The van der Waals surface area contributed by atoms with E-state index >= 15 is 0 Å². The SMILES string of the molecule is O=C1CCC(N2Cc3cc(OC4CCC4NCc4ccccc4)ccc3C2=O)C(=O)N1. The zero-order valence-electron chi connectivity index (χ0n) is 17.2. The van der Waals surface area contributed by atoms with Gasteiger partial charge in [0.15, 0.2) is 0 Å². The number of hydrogen-bond donors (Lipinski definition) is 2. The molecule has 0 spiro atoms. The van der Waals surface area contributed by atoms with Crippen molar-refractivity contribution in [2.45, 2.75) is 57.0 Å². The monoisotopic (exact) mass is 419 g/mol. The number of carbonyl (C=O) groups is 3. The minimum atomic E-state index is -0.597. The predicted octanol–water partition coefficient (Wildman–Crippen LogP) is 2.15. The Labute approximate surface area is 180 Å². The van der Waals surface area contributed by atoms with E-state index in [9.17, 15) is 14.4 Å². The van der Waals surface area contributed by atoms with E-state index < -0.39 is 11.9 Å². The minimum absolute atomic E-state index is 0.102. The standard InChI is InChI=1S/C24H25N3O4/c28-22-11-9-20(23(29)26-22)27-14-16-12-17(6-7-18(16)24(27)30)31-21-10-8-19(21)25-13-15-4-2-1-3-5-15/h1-7,12,19-21,25H,8-11,13-14H2,(H,26,28,29). The fraction of sp³-hybridized carbons (Fsp3) is 0.375. The van der Waals surface area contributed by atoms with E-state index in [1.165, 1.54) is 5.56 Å². The molecule has 0 radical (unpaired) electrons. The van der Waals surface area contributed by atoms with Crippen LogP contribution in [-0.2, 0) is 22.7 Å². The molecule has 1 aliphatic carbocycles. The number of piperidine rings is 1. The summed E-state index contributed by atoms with van der Waals surface area (Å²) in [5, 5.41) is 5.90. The summed E-state index contributed by atoms with van der Waals surface area (Å²) in [6.07, 6.45) is 2.79. The molecule has 2 N–H and O–H groups in total. The van der Waals surface area contributed by atoms with Gasteiger partial charge in [0.2, 0.25) is 11.8 Å². The molecule has 1 saturated carbocycles. The molecule has 2 aromatic rings. The van der Waals surface area contributed by atoms with Gasteiger partial charge in [-0.2, -0.15) is 0 Å². The van der Waals surface area contributed by atoms with Crippen molar-refractivity contribution in [2.75, 3.05) is 0 Å². The van der Waals surface area contributed by atoms with Gasteiger partial charge >= 0.3 is 0 Å². The summed E-state index contributed by atoms with van der Waals surface area (Å²) in [6, 6.07) is 15.5. The van der Waals surface area contributed by atoms with Crippen molar-refractivity contribution in [1.29, 1.82) is 0 Å². The molecule has 2 fully saturated rings. The van der Waals surface area contributed by atoms with Crippen LogP contribution in [0.3, 0.4) is 0 Å². The van der Waals surface area contributed by atoms with E-state index in [1.807, 2.05) is 30.3 Å². The van der Waals surface area contributed by atoms with Crippen LogP contribution in [0.2, 0.25) is 0 Å². The van der Waals surface area contributed by atoms with Gasteiger partial charge in [-0.05, 0) is 48.6 Å². The Morgan fingerprint density at radius 3 is 2.61 bits per heavy atom. The van der Waals surface area contributed by atoms with Crippen molar-refractivity contribution in [2.24, 2.45) is 0 Å². The first-order valence-corrected chi connectivity index (χ1v) is 10.8. The van der Waals surface area contributed by atoms with Gasteiger partial charge in [0.25, 0.3) is 5.91 Å². The molecule has 160 valence electrons. The summed E-state index contributed by atoms with van der Waals surface area (Å²) >= 11 is 0. The average Bonchev–Trinajstić information content (AvgIpc) is 3.08. The number of hydrogen-bond acceptors (Lipinski definition) is 5. The predicted molar refractivity (Wildman–Crippen MR) is 113 cm³/mol. The molecule has 2 aliphatic heterocycles. The van der Waals surface area contributed by atoms with Crippen molar-refractivity contribution in [1.82, 2.24) is 15.5 Å². The van der Waals surface area contributed by atoms with Crippen LogP contribution in [0.15, 0.2) is 48.5 Å². The second-order valence-corrected chi connectivity index (χ2v) is 8.43. The van der Waals surface area contributed by atoms with Crippen LogP contribution in [-0.4, -0.2) is 40.8 Å². The lowest BCUT2D eigenvalue weighted by molar-refractivity contribution is -0.136. The van der Waals surface area contributed by atoms with Gasteiger partial charge in [0, 0.05) is 31.1 Å². The van der Waals surface area contributed by atoms with Crippen molar-refractivity contribution >= 4 is 17.7 Å². The Bertz CT molecular complexity index is 1020. The first-order chi connectivity index (χ1) is 15.1. The third-order valence-corrected chi connectivity index (χ3v) is 6.40. The summed E-state index contributed by atoms with van der Waals surface area (Å²) in [7, 11) is 0. The van der Waals surface area contributed by atoms with Gasteiger partial charge in [0.05, 0.1) is 0 Å². The normalized spacial score (nSPS) is 25.1. The van der Waals surface area contributed by atoms with Crippen LogP contribution in [0.4, 0.5) is 0 Å². The van der Waals surface area contributed by atoms with Gasteiger partial charge in [-0.15, -0.1) is 0 Å². The summed E-state index contributed by atoms with van der Waals surface area (Å²) < 4.78 is 6.21. The molecule has 5 rings (SSSR count). The number of benzene rings is 2. The molecule has 0 bridgehead atoms. The molecular weight excluding hydrogens is 394 g/mol. The number of nitrogens with one attached hydrogen (secondary N) is 2. The van der Waals surface area contributed by atoms with Gasteiger partial charge in [-0.3, -0.25) is 19.7 Å². The first kappa shape index (κ1) is 19.8. The van der Waals surface area contributed by atoms with E-state index in [1.54, 1.807) is 11.0 Å². The fourth-order valence-corrected chi connectivity index (χ4v) is 4.49.